The van der Waals surface area contributed by atoms with Crippen molar-refractivity contribution in [1.82, 2.24) is 9.62 Å². The fraction of sp³-hybridized carbons (Fsp3) is 0.611. The van der Waals surface area contributed by atoms with E-state index < -0.39 is 16.1 Å². The van der Waals surface area contributed by atoms with Crippen LogP contribution in [0.4, 0.5) is 0 Å². The summed E-state index contributed by atoms with van der Waals surface area (Å²) in [6.45, 7) is 4.27. The summed E-state index contributed by atoms with van der Waals surface area (Å²) in [6.07, 6.45) is 3.66. The zero-order chi connectivity index (χ0) is 17.6. The first-order valence-corrected chi connectivity index (χ1v) is 10.4. The fourth-order valence-corrected chi connectivity index (χ4v) is 4.90. The van der Waals surface area contributed by atoms with Gasteiger partial charge in [0.25, 0.3) is 0 Å². The van der Waals surface area contributed by atoms with Gasteiger partial charge in [-0.3, -0.25) is 4.79 Å². The summed E-state index contributed by atoms with van der Waals surface area (Å²) in [5, 5.41) is 2.99. The van der Waals surface area contributed by atoms with Crippen LogP contribution in [0.2, 0.25) is 0 Å². The molecule has 134 valence electrons. The van der Waals surface area contributed by atoms with Crippen LogP contribution in [0, 0.1) is 0 Å². The predicted molar refractivity (Wildman–Crippen MR) is 96.2 cm³/mol. The topological polar surface area (TPSA) is 66.5 Å². The largest absolute Gasteiger partial charge is 0.352 e. The van der Waals surface area contributed by atoms with Gasteiger partial charge in [-0.05, 0) is 44.6 Å². The second-order valence-electron chi connectivity index (χ2n) is 6.52. The van der Waals surface area contributed by atoms with Crippen LogP contribution in [-0.2, 0) is 21.2 Å². The summed E-state index contributed by atoms with van der Waals surface area (Å²) < 4.78 is 26.0. The van der Waals surface area contributed by atoms with Gasteiger partial charge in [-0.25, -0.2) is 8.42 Å². The Morgan fingerprint density at radius 3 is 2.71 bits per heavy atom. The monoisotopic (exact) mass is 352 g/mol. The number of benzene rings is 1. The van der Waals surface area contributed by atoms with Crippen molar-refractivity contribution in [2.24, 2.45) is 0 Å². The van der Waals surface area contributed by atoms with Gasteiger partial charge in [0.15, 0.2) is 0 Å². The van der Waals surface area contributed by atoms with Gasteiger partial charge in [-0.1, -0.05) is 37.3 Å². The molecule has 0 aromatic heterocycles. The van der Waals surface area contributed by atoms with Crippen molar-refractivity contribution in [3.05, 3.63) is 35.9 Å². The smallest absolute Gasteiger partial charge is 0.238 e. The summed E-state index contributed by atoms with van der Waals surface area (Å²) in [6, 6.07) is 9.63. The van der Waals surface area contributed by atoms with E-state index in [1.165, 1.54) is 9.87 Å². The van der Waals surface area contributed by atoms with Crippen molar-refractivity contribution in [2.45, 2.75) is 58.0 Å². The lowest BCUT2D eigenvalue weighted by atomic mass is 10.1. The summed E-state index contributed by atoms with van der Waals surface area (Å²) in [4.78, 5) is 12.5. The van der Waals surface area contributed by atoms with Gasteiger partial charge in [0, 0.05) is 12.6 Å². The number of nitrogens with one attached hydrogen (secondary N) is 1. The van der Waals surface area contributed by atoms with Crippen LogP contribution in [0.25, 0.3) is 0 Å². The van der Waals surface area contributed by atoms with Crippen molar-refractivity contribution >= 4 is 15.9 Å². The standard InChI is InChI=1S/C18H28N2O3S/c1-3-14-24(22,23)20-13-7-10-17(20)18(21)19-15(2)11-12-16-8-5-4-6-9-16/h4-6,8-9,15,17H,3,7,10-14H2,1-2H3,(H,19,21)/t15-,17+/m1/s1. The van der Waals surface area contributed by atoms with Gasteiger partial charge < -0.3 is 5.32 Å². The van der Waals surface area contributed by atoms with E-state index in [9.17, 15) is 13.2 Å². The Kier molecular flexibility index (Phi) is 6.80. The van der Waals surface area contributed by atoms with Crippen LogP contribution in [0.5, 0.6) is 0 Å². The average Bonchev–Trinajstić information content (AvgIpc) is 3.04. The number of amides is 1. The Morgan fingerprint density at radius 2 is 2.04 bits per heavy atom. The minimum Gasteiger partial charge on any atom is -0.352 e. The van der Waals surface area contributed by atoms with E-state index in [1.54, 1.807) is 0 Å². The quantitative estimate of drug-likeness (QED) is 0.781. The molecule has 5 nitrogen and oxygen atoms in total. The van der Waals surface area contributed by atoms with Gasteiger partial charge in [0.05, 0.1) is 5.75 Å². The third-order valence-electron chi connectivity index (χ3n) is 4.42. The number of hydrogen-bond acceptors (Lipinski definition) is 3. The molecular formula is C18H28N2O3S. The van der Waals surface area contributed by atoms with Gasteiger partial charge in [0.2, 0.25) is 15.9 Å². The molecule has 1 saturated heterocycles. The maximum absolute atomic E-state index is 12.5. The molecule has 1 amide bonds. The molecule has 1 heterocycles. The lowest BCUT2D eigenvalue weighted by Gasteiger charge is -2.25. The maximum atomic E-state index is 12.5. The summed E-state index contributed by atoms with van der Waals surface area (Å²) in [5.41, 5.74) is 1.24. The highest BCUT2D eigenvalue weighted by molar-refractivity contribution is 7.89. The van der Waals surface area contributed by atoms with Crippen molar-refractivity contribution < 1.29 is 13.2 Å². The second kappa shape index (κ2) is 8.62. The van der Waals surface area contributed by atoms with Crippen LogP contribution in [0.1, 0.15) is 45.1 Å². The number of carbonyl (C=O) groups excluding carboxylic acids is 1. The number of rotatable bonds is 8. The molecule has 6 heteroatoms. The molecule has 2 atom stereocenters. The van der Waals surface area contributed by atoms with E-state index in [2.05, 4.69) is 17.4 Å². The summed E-state index contributed by atoms with van der Waals surface area (Å²) in [7, 11) is -3.32. The first-order valence-electron chi connectivity index (χ1n) is 8.78. The Balaban J connectivity index is 1.88. The second-order valence-corrected chi connectivity index (χ2v) is 8.56. The predicted octanol–water partition coefficient (Wildman–Crippen LogP) is 2.33. The van der Waals surface area contributed by atoms with Crippen LogP contribution in [-0.4, -0.2) is 43.0 Å². The molecule has 0 bridgehead atoms. The van der Waals surface area contributed by atoms with Crippen molar-refractivity contribution in [3.63, 3.8) is 0 Å². The number of carbonyl (C=O) groups is 1. The highest BCUT2D eigenvalue weighted by Crippen LogP contribution is 2.22. The van der Waals surface area contributed by atoms with Gasteiger partial charge in [0.1, 0.15) is 6.04 Å². The van der Waals surface area contributed by atoms with Gasteiger partial charge in [-0.2, -0.15) is 4.31 Å². The number of hydrogen-bond donors (Lipinski definition) is 1. The van der Waals surface area contributed by atoms with Gasteiger partial charge in [-0.15, -0.1) is 0 Å². The lowest BCUT2D eigenvalue weighted by Crippen LogP contribution is -2.48. The molecule has 1 aliphatic rings. The molecule has 1 aliphatic heterocycles. The number of aryl methyl sites for hydroxylation is 1. The maximum Gasteiger partial charge on any atom is 0.238 e. The number of sulfonamides is 1. The van der Waals surface area contributed by atoms with E-state index in [1.807, 2.05) is 32.0 Å². The molecule has 2 rings (SSSR count). The Hall–Kier alpha value is -1.40. The van der Waals surface area contributed by atoms with Crippen LogP contribution < -0.4 is 5.32 Å². The molecule has 24 heavy (non-hydrogen) atoms. The Morgan fingerprint density at radius 1 is 1.33 bits per heavy atom. The molecular weight excluding hydrogens is 324 g/mol. The molecule has 0 aliphatic carbocycles. The van der Waals surface area contributed by atoms with E-state index in [4.69, 9.17) is 0 Å². The van der Waals surface area contributed by atoms with Crippen molar-refractivity contribution in [3.8, 4) is 0 Å². The van der Waals surface area contributed by atoms with E-state index >= 15 is 0 Å². The van der Waals surface area contributed by atoms with Gasteiger partial charge >= 0.3 is 0 Å². The highest BCUT2D eigenvalue weighted by Gasteiger charge is 2.38. The molecule has 0 saturated carbocycles. The SMILES string of the molecule is CCCS(=O)(=O)N1CCC[C@H]1C(=O)N[C@H](C)CCc1ccccc1. The third kappa shape index (κ3) is 5.05. The van der Waals surface area contributed by atoms with Crippen LogP contribution >= 0.6 is 0 Å². The third-order valence-corrected chi connectivity index (χ3v) is 6.50. The average molecular weight is 353 g/mol. The van der Waals surface area contributed by atoms with E-state index in [0.717, 1.165) is 19.3 Å². The molecule has 1 aromatic carbocycles. The highest BCUT2D eigenvalue weighted by atomic mass is 32.2. The summed E-state index contributed by atoms with van der Waals surface area (Å²) >= 11 is 0. The molecule has 0 spiro atoms. The first-order chi connectivity index (χ1) is 11.4. The number of nitrogens with zero attached hydrogens (tertiary/aromatic N) is 1. The van der Waals surface area contributed by atoms with Crippen molar-refractivity contribution in [1.29, 1.82) is 0 Å². The first kappa shape index (κ1) is 18.9. The fourth-order valence-electron chi connectivity index (χ4n) is 3.15. The lowest BCUT2D eigenvalue weighted by molar-refractivity contribution is -0.124. The molecule has 0 unspecified atom stereocenters. The summed E-state index contributed by atoms with van der Waals surface area (Å²) in [5.74, 6) is -0.0481. The minimum atomic E-state index is -3.32. The molecule has 1 aromatic rings. The van der Waals surface area contributed by atoms with Crippen molar-refractivity contribution in [2.75, 3.05) is 12.3 Å². The molecule has 1 N–H and O–H groups in total. The Bertz CT molecular complexity index is 631. The Labute approximate surface area is 145 Å². The van der Waals surface area contributed by atoms with Crippen LogP contribution in [0.3, 0.4) is 0 Å². The normalized spacial score (nSPS) is 20.0. The van der Waals surface area contributed by atoms with E-state index in [-0.39, 0.29) is 17.7 Å². The molecule has 1 fully saturated rings. The molecule has 0 radical (unpaired) electrons. The zero-order valence-electron chi connectivity index (χ0n) is 14.6. The zero-order valence-corrected chi connectivity index (χ0v) is 15.4. The van der Waals surface area contributed by atoms with Crippen LogP contribution in [0.15, 0.2) is 30.3 Å². The minimum absolute atomic E-state index is 0.0223. The van der Waals surface area contributed by atoms with E-state index in [0.29, 0.717) is 19.4 Å².